The molecule has 24 heavy (non-hydrogen) atoms. The Morgan fingerprint density at radius 1 is 1.00 bits per heavy atom. The molecule has 1 fully saturated rings. The number of rotatable bonds is 4. The van der Waals surface area contributed by atoms with Crippen molar-refractivity contribution in [2.45, 2.75) is 25.4 Å². The average Bonchev–Trinajstić information content (AvgIpc) is 3.14. The van der Waals surface area contributed by atoms with Gasteiger partial charge in [0.25, 0.3) is 0 Å². The molecule has 3 aromatic rings. The minimum Gasteiger partial charge on any atom is -0.299 e. The van der Waals surface area contributed by atoms with Crippen molar-refractivity contribution in [3.05, 3.63) is 66.6 Å². The maximum atomic E-state index is 4.35. The highest BCUT2D eigenvalue weighted by atomic mass is 15.4. The molecule has 122 valence electrons. The quantitative estimate of drug-likeness (QED) is 0.741. The Morgan fingerprint density at radius 3 is 2.58 bits per heavy atom. The summed E-state index contributed by atoms with van der Waals surface area (Å²) in [6.45, 7) is 3.23. The van der Waals surface area contributed by atoms with Crippen molar-refractivity contribution in [2.24, 2.45) is 0 Å². The topological polar surface area (TPSA) is 46.8 Å². The van der Waals surface area contributed by atoms with Crippen LogP contribution in [0.3, 0.4) is 0 Å². The largest absolute Gasteiger partial charge is 0.299 e. The number of aromatic nitrogens is 4. The highest BCUT2D eigenvalue weighted by molar-refractivity contribution is 5.55. The molecule has 0 saturated carbocycles. The monoisotopic (exact) mass is 319 g/mol. The molecule has 0 atom stereocenters. The molecule has 5 heteroatoms. The maximum Gasteiger partial charge on any atom is 0.114 e. The number of benzene rings is 1. The Hall–Kier alpha value is -2.53. The van der Waals surface area contributed by atoms with Gasteiger partial charge in [-0.05, 0) is 30.5 Å². The van der Waals surface area contributed by atoms with Gasteiger partial charge in [0.15, 0.2) is 0 Å². The third kappa shape index (κ3) is 3.36. The Labute approximate surface area is 142 Å². The molecule has 2 aromatic heterocycles. The van der Waals surface area contributed by atoms with E-state index in [0.29, 0.717) is 6.04 Å². The summed E-state index contributed by atoms with van der Waals surface area (Å²) < 4.78 is 2.03. The van der Waals surface area contributed by atoms with Crippen LogP contribution in [0, 0.1) is 0 Å². The zero-order valence-corrected chi connectivity index (χ0v) is 13.6. The fraction of sp³-hybridized carbons (Fsp3) is 0.316. The Balaban J connectivity index is 1.37. The van der Waals surface area contributed by atoms with Gasteiger partial charge in [-0.15, -0.1) is 5.10 Å². The molecule has 4 rings (SSSR count). The first-order chi connectivity index (χ1) is 11.9. The first kappa shape index (κ1) is 15.0. The van der Waals surface area contributed by atoms with Crippen LogP contribution >= 0.6 is 0 Å². The molecule has 1 aliphatic rings. The summed E-state index contributed by atoms with van der Waals surface area (Å²) in [5, 5.41) is 8.65. The second kappa shape index (κ2) is 6.93. The number of pyridine rings is 1. The van der Waals surface area contributed by atoms with Crippen LogP contribution in [0.25, 0.3) is 11.3 Å². The van der Waals surface area contributed by atoms with Gasteiger partial charge in [0.1, 0.15) is 5.69 Å². The standard InChI is InChI=1S/C19H21N5/c1-2-5-16(6-3-1)14-23-11-8-18(9-12-23)24-15-19(21-22-24)17-7-4-10-20-13-17/h1-7,10,13,15,18H,8-9,11-12,14H2. The van der Waals surface area contributed by atoms with E-state index in [1.54, 1.807) is 6.20 Å². The Bertz CT molecular complexity index is 761. The fourth-order valence-corrected chi connectivity index (χ4v) is 3.29. The van der Waals surface area contributed by atoms with Gasteiger partial charge in [-0.1, -0.05) is 35.5 Å². The molecule has 1 aromatic carbocycles. The molecular weight excluding hydrogens is 298 g/mol. The minimum absolute atomic E-state index is 0.440. The number of likely N-dealkylation sites (tertiary alicyclic amines) is 1. The second-order valence-corrected chi connectivity index (χ2v) is 6.32. The smallest absolute Gasteiger partial charge is 0.114 e. The summed E-state index contributed by atoms with van der Waals surface area (Å²) in [5.74, 6) is 0. The summed E-state index contributed by atoms with van der Waals surface area (Å²) >= 11 is 0. The zero-order valence-electron chi connectivity index (χ0n) is 13.6. The van der Waals surface area contributed by atoms with Crippen LogP contribution in [-0.2, 0) is 6.54 Å². The number of nitrogens with zero attached hydrogens (tertiary/aromatic N) is 5. The molecule has 0 aliphatic carbocycles. The number of hydrogen-bond donors (Lipinski definition) is 0. The summed E-state index contributed by atoms with van der Waals surface area (Å²) in [6.07, 6.45) is 7.88. The minimum atomic E-state index is 0.440. The van der Waals surface area contributed by atoms with E-state index < -0.39 is 0 Å². The lowest BCUT2D eigenvalue weighted by Crippen LogP contribution is -2.34. The van der Waals surface area contributed by atoms with Crippen LogP contribution < -0.4 is 0 Å². The fourth-order valence-electron chi connectivity index (χ4n) is 3.29. The van der Waals surface area contributed by atoms with Crippen molar-refractivity contribution >= 4 is 0 Å². The van der Waals surface area contributed by atoms with Crippen LogP contribution in [0.5, 0.6) is 0 Å². The molecule has 3 heterocycles. The summed E-state index contributed by atoms with van der Waals surface area (Å²) in [4.78, 5) is 6.67. The van der Waals surface area contributed by atoms with E-state index in [4.69, 9.17) is 0 Å². The molecule has 0 N–H and O–H groups in total. The first-order valence-corrected chi connectivity index (χ1v) is 8.47. The molecule has 5 nitrogen and oxygen atoms in total. The average molecular weight is 319 g/mol. The Morgan fingerprint density at radius 2 is 1.83 bits per heavy atom. The van der Waals surface area contributed by atoms with Crippen molar-refractivity contribution < 1.29 is 0 Å². The summed E-state index contributed by atoms with van der Waals surface area (Å²) in [7, 11) is 0. The normalized spacial score (nSPS) is 16.3. The number of hydrogen-bond acceptors (Lipinski definition) is 4. The van der Waals surface area contributed by atoms with E-state index in [1.807, 2.05) is 23.0 Å². The van der Waals surface area contributed by atoms with Crippen LogP contribution in [-0.4, -0.2) is 38.0 Å². The van der Waals surface area contributed by atoms with Crippen molar-refractivity contribution in [2.75, 3.05) is 13.1 Å². The van der Waals surface area contributed by atoms with Gasteiger partial charge in [-0.3, -0.25) is 9.88 Å². The van der Waals surface area contributed by atoms with Crippen molar-refractivity contribution in [3.8, 4) is 11.3 Å². The van der Waals surface area contributed by atoms with Gasteiger partial charge in [-0.2, -0.15) is 0 Å². The van der Waals surface area contributed by atoms with Gasteiger partial charge in [0.05, 0.1) is 12.2 Å². The predicted octanol–water partition coefficient (Wildman–Crippen LogP) is 3.18. The summed E-state index contributed by atoms with van der Waals surface area (Å²) in [6, 6.07) is 15.1. The van der Waals surface area contributed by atoms with Crippen molar-refractivity contribution in [1.82, 2.24) is 24.9 Å². The van der Waals surface area contributed by atoms with Crippen LogP contribution in [0.15, 0.2) is 61.1 Å². The van der Waals surface area contributed by atoms with Gasteiger partial charge in [0.2, 0.25) is 0 Å². The first-order valence-electron chi connectivity index (χ1n) is 8.47. The van der Waals surface area contributed by atoms with E-state index >= 15 is 0 Å². The van der Waals surface area contributed by atoms with E-state index in [1.165, 1.54) is 5.56 Å². The predicted molar refractivity (Wildman–Crippen MR) is 93.2 cm³/mol. The molecular formula is C19H21N5. The van der Waals surface area contributed by atoms with Gasteiger partial charge in [0, 0.05) is 37.6 Å². The van der Waals surface area contributed by atoms with Gasteiger partial charge < -0.3 is 0 Å². The molecule has 0 amide bonds. The van der Waals surface area contributed by atoms with Crippen LogP contribution in [0.1, 0.15) is 24.4 Å². The molecule has 0 spiro atoms. The lowest BCUT2D eigenvalue weighted by atomic mass is 10.0. The highest BCUT2D eigenvalue weighted by Gasteiger charge is 2.21. The van der Waals surface area contributed by atoms with E-state index in [0.717, 1.165) is 43.7 Å². The van der Waals surface area contributed by atoms with Crippen molar-refractivity contribution in [1.29, 1.82) is 0 Å². The maximum absolute atomic E-state index is 4.35. The van der Waals surface area contributed by atoms with Crippen molar-refractivity contribution in [3.63, 3.8) is 0 Å². The lowest BCUT2D eigenvalue weighted by molar-refractivity contribution is 0.172. The van der Waals surface area contributed by atoms with E-state index in [-0.39, 0.29) is 0 Å². The van der Waals surface area contributed by atoms with E-state index in [2.05, 4.69) is 56.7 Å². The SMILES string of the molecule is c1ccc(CN2CCC(n3cc(-c4cccnc4)nn3)CC2)cc1. The van der Waals surface area contributed by atoms with Gasteiger partial charge in [-0.25, -0.2) is 4.68 Å². The molecule has 0 bridgehead atoms. The third-order valence-corrected chi connectivity index (χ3v) is 4.65. The lowest BCUT2D eigenvalue weighted by Gasteiger charge is -2.31. The third-order valence-electron chi connectivity index (χ3n) is 4.65. The summed E-state index contributed by atoms with van der Waals surface area (Å²) in [5.41, 5.74) is 3.30. The molecule has 1 saturated heterocycles. The van der Waals surface area contributed by atoms with Gasteiger partial charge >= 0.3 is 0 Å². The van der Waals surface area contributed by atoms with E-state index in [9.17, 15) is 0 Å². The molecule has 0 unspecified atom stereocenters. The zero-order chi connectivity index (χ0) is 16.2. The number of piperidine rings is 1. The highest BCUT2D eigenvalue weighted by Crippen LogP contribution is 2.24. The molecule has 0 radical (unpaired) electrons. The second-order valence-electron chi connectivity index (χ2n) is 6.32. The molecule has 1 aliphatic heterocycles. The van der Waals surface area contributed by atoms with Crippen LogP contribution in [0.2, 0.25) is 0 Å². The Kier molecular flexibility index (Phi) is 4.34. The van der Waals surface area contributed by atoms with Crippen LogP contribution in [0.4, 0.5) is 0 Å².